The summed E-state index contributed by atoms with van der Waals surface area (Å²) in [5.41, 5.74) is 2.70. The molecule has 3 nitrogen and oxygen atoms in total. The number of fused-ring (bicyclic) bond motifs is 1. The third-order valence-electron chi connectivity index (χ3n) is 3.90. The van der Waals surface area contributed by atoms with Crippen molar-refractivity contribution in [1.29, 1.82) is 0 Å². The van der Waals surface area contributed by atoms with E-state index in [1.54, 1.807) is 0 Å². The summed E-state index contributed by atoms with van der Waals surface area (Å²) in [4.78, 5) is 14.2. The first kappa shape index (κ1) is 15.0. The zero-order valence-corrected chi connectivity index (χ0v) is 12.7. The number of hydrogen-bond donors (Lipinski definition) is 1. The van der Waals surface area contributed by atoms with Gasteiger partial charge in [-0.15, -0.1) is 0 Å². The van der Waals surface area contributed by atoms with Gasteiger partial charge < -0.3 is 10.2 Å². The Balaban J connectivity index is 1.72. The van der Waals surface area contributed by atoms with Crippen LogP contribution < -0.4 is 5.32 Å². The molecule has 0 aliphatic carbocycles. The van der Waals surface area contributed by atoms with Gasteiger partial charge >= 0.3 is 0 Å². The van der Waals surface area contributed by atoms with Crippen LogP contribution in [0.2, 0.25) is 0 Å². The third-order valence-corrected chi connectivity index (χ3v) is 3.90. The molecule has 0 unspecified atom stereocenters. The van der Waals surface area contributed by atoms with Crippen molar-refractivity contribution in [2.75, 3.05) is 19.6 Å². The maximum Gasteiger partial charge on any atom is 0.224 e. The van der Waals surface area contributed by atoms with E-state index in [-0.39, 0.29) is 5.91 Å². The van der Waals surface area contributed by atoms with Gasteiger partial charge in [0.25, 0.3) is 0 Å². The van der Waals surface area contributed by atoms with E-state index in [1.807, 2.05) is 4.90 Å². The fraction of sp³-hybridized carbons (Fsp3) is 0.588. The number of amides is 1. The smallest absolute Gasteiger partial charge is 0.224 e. The number of carbonyl (C=O) groups excluding carboxylic acids is 1. The van der Waals surface area contributed by atoms with Gasteiger partial charge in [-0.25, -0.2) is 0 Å². The van der Waals surface area contributed by atoms with Crippen molar-refractivity contribution in [1.82, 2.24) is 10.2 Å². The third kappa shape index (κ3) is 4.34. The van der Waals surface area contributed by atoms with Crippen molar-refractivity contribution in [2.24, 2.45) is 5.92 Å². The van der Waals surface area contributed by atoms with E-state index in [9.17, 15) is 4.79 Å². The van der Waals surface area contributed by atoms with E-state index in [1.165, 1.54) is 17.5 Å². The van der Waals surface area contributed by atoms with E-state index in [2.05, 4.69) is 43.4 Å². The molecule has 1 aromatic carbocycles. The molecule has 20 heavy (non-hydrogen) atoms. The van der Waals surface area contributed by atoms with Gasteiger partial charge in [-0.2, -0.15) is 0 Å². The molecule has 0 radical (unpaired) electrons. The SMILES string of the molecule is CC(C)CCNCCC(=O)N1CCc2ccccc2C1. The van der Waals surface area contributed by atoms with Crippen LogP contribution in [0, 0.1) is 5.92 Å². The zero-order chi connectivity index (χ0) is 14.4. The maximum absolute atomic E-state index is 12.2. The molecule has 1 amide bonds. The predicted molar refractivity (Wildman–Crippen MR) is 82.5 cm³/mol. The molecule has 2 rings (SSSR count). The standard InChI is InChI=1S/C17H26N2O/c1-14(2)7-10-18-11-8-17(20)19-12-9-15-5-3-4-6-16(15)13-19/h3-6,14,18H,7-13H2,1-2H3. The van der Waals surface area contributed by atoms with Crippen LogP contribution in [0.4, 0.5) is 0 Å². The van der Waals surface area contributed by atoms with Crippen LogP contribution in [0.3, 0.4) is 0 Å². The number of nitrogens with one attached hydrogen (secondary N) is 1. The largest absolute Gasteiger partial charge is 0.338 e. The Morgan fingerprint density at radius 1 is 1.25 bits per heavy atom. The maximum atomic E-state index is 12.2. The van der Waals surface area contributed by atoms with Gasteiger partial charge in [0.1, 0.15) is 0 Å². The second-order valence-electron chi connectivity index (χ2n) is 6.02. The predicted octanol–water partition coefficient (Wildman–Crippen LogP) is 2.60. The first-order valence-corrected chi connectivity index (χ1v) is 7.72. The lowest BCUT2D eigenvalue weighted by molar-refractivity contribution is -0.132. The van der Waals surface area contributed by atoms with Gasteiger partial charge in [-0.3, -0.25) is 4.79 Å². The van der Waals surface area contributed by atoms with Crippen LogP contribution in [0.1, 0.15) is 37.8 Å². The summed E-state index contributed by atoms with van der Waals surface area (Å²) >= 11 is 0. The molecule has 0 spiro atoms. The molecule has 1 heterocycles. The van der Waals surface area contributed by atoms with Crippen molar-refractivity contribution in [3.8, 4) is 0 Å². The Morgan fingerprint density at radius 2 is 2.00 bits per heavy atom. The van der Waals surface area contributed by atoms with E-state index in [0.717, 1.165) is 38.5 Å². The first-order chi connectivity index (χ1) is 9.66. The highest BCUT2D eigenvalue weighted by atomic mass is 16.2. The van der Waals surface area contributed by atoms with Crippen LogP contribution in [0.5, 0.6) is 0 Å². The number of nitrogens with zero attached hydrogens (tertiary/aromatic N) is 1. The molecule has 110 valence electrons. The molecule has 3 heteroatoms. The Morgan fingerprint density at radius 3 is 2.75 bits per heavy atom. The fourth-order valence-corrected chi connectivity index (χ4v) is 2.58. The van der Waals surface area contributed by atoms with Crippen molar-refractivity contribution < 1.29 is 4.79 Å². The lowest BCUT2D eigenvalue weighted by atomic mass is 10.00. The summed E-state index contributed by atoms with van der Waals surface area (Å²) in [6.07, 6.45) is 2.77. The summed E-state index contributed by atoms with van der Waals surface area (Å²) in [6, 6.07) is 8.44. The Kier molecular flexibility index (Phi) is 5.60. The molecule has 1 aliphatic heterocycles. The second kappa shape index (κ2) is 7.44. The highest BCUT2D eigenvalue weighted by Gasteiger charge is 2.19. The average Bonchev–Trinajstić information content (AvgIpc) is 2.46. The van der Waals surface area contributed by atoms with Crippen LogP contribution in [0.25, 0.3) is 0 Å². The van der Waals surface area contributed by atoms with E-state index < -0.39 is 0 Å². The monoisotopic (exact) mass is 274 g/mol. The van der Waals surface area contributed by atoms with Crippen molar-refractivity contribution in [2.45, 2.75) is 39.7 Å². The second-order valence-corrected chi connectivity index (χ2v) is 6.02. The van der Waals surface area contributed by atoms with Gasteiger partial charge in [0, 0.05) is 26.1 Å². The number of rotatable bonds is 6. The van der Waals surface area contributed by atoms with Gasteiger partial charge in [0.05, 0.1) is 0 Å². The molecule has 0 bridgehead atoms. The van der Waals surface area contributed by atoms with Gasteiger partial charge in [-0.1, -0.05) is 38.1 Å². The normalized spacial score (nSPS) is 14.4. The van der Waals surface area contributed by atoms with Gasteiger partial charge in [0.2, 0.25) is 5.91 Å². The molecular weight excluding hydrogens is 248 g/mol. The lowest BCUT2D eigenvalue weighted by Crippen LogP contribution is -2.37. The zero-order valence-electron chi connectivity index (χ0n) is 12.7. The molecule has 0 aromatic heterocycles. The number of carbonyl (C=O) groups is 1. The van der Waals surface area contributed by atoms with Crippen molar-refractivity contribution in [3.63, 3.8) is 0 Å². The highest BCUT2D eigenvalue weighted by Crippen LogP contribution is 2.18. The molecule has 0 fully saturated rings. The number of benzene rings is 1. The minimum Gasteiger partial charge on any atom is -0.338 e. The van der Waals surface area contributed by atoms with E-state index >= 15 is 0 Å². The van der Waals surface area contributed by atoms with Crippen LogP contribution in [-0.4, -0.2) is 30.4 Å². The highest BCUT2D eigenvalue weighted by molar-refractivity contribution is 5.76. The summed E-state index contributed by atoms with van der Waals surface area (Å²) < 4.78 is 0. The summed E-state index contributed by atoms with van der Waals surface area (Å²) in [5.74, 6) is 0.994. The van der Waals surface area contributed by atoms with Gasteiger partial charge in [0.15, 0.2) is 0 Å². The molecule has 1 N–H and O–H groups in total. The number of hydrogen-bond acceptors (Lipinski definition) is 2. The molecule has 1 aliphatic rings. The molecular formula is C17H26N2O. The van der Waals surface area contributed by atoms with Crippen LogP contribution in [0.15, 0.2) is 24.3 Å². The van der Waals surface area contributed by atoms with Crippen LogP contribution in [-0.2, 0) is 17.8 Å². The Hall–Kier alpha value is -1.35. The molecule has 0 atom stereocenters. The summed E-state index contributed by atoms with van der Waals surface area (Å²) in [5, 5.41) is 3.36. The molecule has 1 aromatic rings. The van der Waals surface area contributed by atoms with Gasteiger partial charge in [-0.05, 0) is 36.4 Å². The van der Waals surface area contributed by atoms with Crippen LogP contribution >= 0.6 is 0 Å². The summed E-state index contributed by atoms with van der Waals surface area (Å²) in [7, 11) is 0. The fourth-order valence-electron chi connectivity index (χ4n) is 2.58. The Bertz CT molecular complexity index is 442. The summed E-state index contributed by atoms with van der Waals surface area (Å²) in [6.45, 7) is 7.89. The van der Waals surface area contributed by atoms with Crippen molar-refractivity contribution >= 4 is 5.91 Å². The lowest BCUT2D eigenvalue weighted by Gasteiger charge is -2.29. The minimum absolute atomic E-state index is 0.275. The topological polar surface area (TPSA) is 32.3 Å². The quantitative estimate of drug-likeness (QED) is 0.809. The molecule has 0 saturated carbocycles. The van der Waals surface area contributed by atoms with E-state index in [0.29, 0.717) is 6.42 Å². The minimum atomic E-state index is 0.275. The van der Waals surface area contributed by atoms with E-state index in [4.69, 9.17) is 0 Å². The average molecular weight is 274 g/mol. The van der Waals surface area contributed by atoms with Crippen molar-refractivity contribution in [3.05, 3.63) is 35.4 Å². The molecule has 0 saturated heterocycles. The first-order valence-electron chi connectivity index (χ1n) is 7.72. The Labute approximate surface area is 122 Å².